The highest BCUT2D eigenvalue weighted by Crippen LogP contribution is 2.23. The summed E-state index contributed by atoms with van der Waals surface area (Å²) in [6, 6.07) is 0. The molecule has 0 heterocycles. The average molecular weight is 186 g/mol. The van der Waals surface area contributed by atoms with E-state index in [1.165, 1.54) is 19.3 Å². The van der Waals surface area contributed by atoms with E-state index in [-0.39, 0.29) is 6.10 Å². The lowest BCUT2D eigenvalue weighted by Crippen LogP contribution is -2.23. The monoisotopic (exact) mass is 186 g/mol. The van der Waals surface area contributed by atoms with E-state index in [4.69, 9.17) is 4.74 Å². The Morgan fingerprint density at radius 3 is 2.77 bits per heavy atom. The predicted molar refractivity (Wildman–Crippen MR) is 53.7 cm³/mol. The van der Waals surface area contributed by atoms with Crippen LogP contribution in [0.3, 0.4) is 0 Å². The topological polar surface area (TPSA) is 29.5 Å². The second kappa shape index (κ2) is 6.39. The summed E-state index contributed by atoms with van der Waals surface area (Å²) in [7, 11) is 0. The number of ether oxygens (including phenoxy) is 1. The van der Waals surface area contributed by atoms with Gasteiger partial charge in [0.2, 0.25) is 0 Å². The summed E-state index contributed by atoms with van der Waals surface area (Å²) in [5, 5.41) is 9.77. The normalized spacial score (nSPS) is 30.0. The number of rotatable bonds is 4. The molecule has 0 aromatic heterocycles. The van der Waals surface area contributed by atoms with Crippen LogP contribution in [0.2, 0.25) is 0 Å². The molecule has 1 saturated carbocycles. The Bertz CT molecular complexity index is 125. The summed E-state index contributed by atoms with van der Waals surface area (Å²) in [6.45, 7) is 3.71. The molecule has 1 fully saturated rings. The van der Waals surface area contributed by atoms with Crippen molar-refractivity contribution in [3.05, 3.63) is 0 Å². The van der Waals surface area contributed by atoms with Crippen LogP contribution in [0, 0.1) is 5.92 Å². The van der Waals surface area contributed by atoms with Crippen molar-refractivity contribution in [2.24, 2.45) is 5.92 Å². The first kappa shape index (κ1) is 11.0. The highest BCUT2D eigenvalue weighted by atomic mass is 16.5. The lowest BCUT2D eigenvalue weighted by molar-refractivity contribution is 0.0246. The molecule has 0 saturated heterocycles. The number of aliphatic hydroxyl groups excluding tert-OH is 1. The second-order valence-corrected chi connectivity index (χ2v) is 4.04. The van der Waals surface area contributed by atoms with Crippen LogP contribution in [0.1, 0.15) is 45.4 Å². The van der Waals surface area contributed by atoms with Crippen LogP contribution >= 0.6 is 0 Å². The van der Waals surface area contributed by atoms with E-state index in [9.17, 15) is 5.11 Å². The molecule has 1 aliphatic carbocycles. The van der Waals surface area contributed by atoms with Crippen molar-refractivity contribution in [2.45, 2.75) is 51.6 Å². The molecule has 2 heteroatoms. The molecule has 2 nitrogen and oxygen atoms in total. The maximum Gasteiger partial charge on any atom is 0.0590 e. The molecular weight excluding hydrogens is 164 g/mol. The van der Waals surface area contributed by atoms with E-state index in [1.54, 1.807) is 0 Å². The van der Waals surface area contributed by atoms with Gasteiger partial charge < -0.3 is 9.84 Å². The zero-order valence-electron chi connectivity index (χ0n) is 8.67. The number of aliphatic hydroxyl groups is 1. The molecule has 1 N–H and O–H groups in total. The van der Waals surface area contributed by atoms with Crippen molar-refractivity contribution in [3.63, 3.8) is 0 Å². The van der Waals surface area contributed by atoms with Gasteiger partial charge in [-0.2, -0.15) is 0 Å². The first-order chi connectivity index (χ1) is 6.34. The van der Waals surface area contributed by atoms with Gasteiger partial charge in [0, 0.05) is 12.5 Å². The van der Waals surface area contributed by atoms with Crippen molar-refractivity contribution in [1.29, 1.82) is 0 Å². The van der Waals surface area contributed by atoms with Crippen molar-refractivity contribution < 1.29 is 9.84 Å². The number of hydrogen-bond acceptors (Lipinski definition) is 2. The fourth-order valence-corrected chi connectivity index (χ4v) is 1.94. The Labute approximate surface area is 81.3 Å². The fourth-order valence-electron chi connectivity index (χ4n) is 1.94. The SMILES string of the molecule is CCCOC[C@@H]1CCCCC[C@H]1O. The molecule has 0 bridgehead atoms. The van der Waals surface area contributed by atoms with Crippen LogP contribution in [0.15, 0.2) is 0 Å². The Kier molecular flexibility index (Phi) is 5.40. The molecule has 13 heavy (non-hydrogen) atoms. The third-order valence-corrected chi connectivity index (χ3v) is 2.80. The molecule has 1 rings (SSSR count). The summed E-state index contributed by atoms with van der Waals surface area (Å²) in [6.07, 6.45) is 6.80. The molecule has 0 unspecified atom stereocenters. The van der Waals surface area contributed by atoms with Gasteiger partial charge in [0.15, 0.2) is 0 Å². The first-order valence-electron chi connectivity index (χ1n) is 5.60. The van der Waals surface area contributed by atoms with Crippen LogP contribution in [-0.4, -0.2) is 24.4 Å². The van der Waals surface area contributed by atoms with Crippen LogP contribution in [0.4, 0.5) is 0 Å². The quantitative estimate of drug-likeness (QED) is 0.539. The van der Waals surface area contributed by atoms with Gasteiger partial charge in [-0.15, -0.1) is 0 Å². The van der Waals surface area contributed by atoms with Gasteiger partial charge in [-0.25, -0.2) is 0 Å². The van der Waals surface area contributed by atoms with Crippen LogP contribution < -0.4 is 0 Å². The lowest BCUT2D eigenvalue weighted by Gasteiger charge is -2.19. The minimum Gasteiger partial charge on any atom is -0.393 e. The summed E-state index contributed by atoms with van der Waals surface area (Å²) in [5.41, 5.74) is 0. The van der Waals surface area contributed by atoms with Gasteiger partial charge >= 0.3 is 0 Å². The van der Waals surface area contributed by atoms with Crippen LogP contribution in [0.25, 0.3) is 0 Å². The smallest absolute Gasteiger partial charge is 0.0590 e. The lowest BCUT2D eigenvalue weighted by atomic mass is 9.98. The molecule has 0 aromatic carbocycles. The molecule has 78 valence electrons. The molecule has 1 aliphatic rings. The molecule has 0 aliphatic heterocycles. The molecule has 2 atom stereocenters. The zero-order valence-corrected chi connectivity index (χ0v) is 8.67. The third kappa shape index (κ3) is 4.10. The van der Waals surface area contributed by atoms with Crippen LogP contribution in [0.5, 0.6) is 0 Å². The molecule has 0 amide bonds. The molecule has 0 aromatic rings. The Morgan fingerprint density at radius 1 is 1.23 bits per heavy atom. The van der Waals surface area contributed by atoms with E-state index in [0.717, 1.165) is 32.5 Å². The fraction of sp³-hybridized carbons (Fsp3) is 1.00. The Hall–Kier alpha value is -0.0800. The van der Waals surface area contributed by atoms with Crippen molar-refractivity contribution in [2.75, 3.05) is 13.2 Å². The van der Waals surface area contributed by atoms with Gasteiger partial charge in [0.25, 0.3) is 0 Å². The zero-order chi connectivity index (χ0) is 9.52. The summed E-state index contributed by atoms with van der Waals surface area (Å²) in [4.78, 5) is 0. The summed E-state index contributed by atoms with van der Waals surface area (Å²) < 4.78 is 5.49. The van der Waals surface area contributed by atoms with Gasteiger partial charge in [-0.3, -0.25) is 0 Å². The maximum atomic E-state index is 9.77. The third-order valence-electron chi connectivity index (χ3n) is 2.80. The van der Waals surface area contributed by atoms with E-state index < -0.39 is 0 Å². The van der Waals surface area contributed by atoms with Crippen molar-refractivity contribution in [1.82, 2.24) is 0 Å². The molecule has 0 spiro atoms. The van der Waals surface area contributed by atoms with Gasteiger partial charge in [0.1, 0.15) is 0 Å². The van der Waals surface area contributed by atoms with E-state index in [0.29, 0.717) is 5.92 Å². The molecule has 0 radical (unpaired) electrons. The standard InChI is InChI=1S/C11H22O2/c1-2-8-13-9-10-6-4-3-5-7-11(10)12/h10-12H,2-9H2,1H3/t10-,11+/m0/s1. The first-order valence-corrected chi connectivity index (χ1v) is 5.60. The largest absolute Gasteiger partial charge is 0.393 e. The van der Waals surface area contributed by atoms with E-state index in [1.807, 2.05) is 0 Å². The maximum absolute atomic E-state index is 9.77. The minimum atomic E-state index is -0.112. The summed E-state index contributed by atoms with van der Waals surface area (Å²) >= 11 is 0. The van der Waals surface area contributed by atoms with E-state index >= 15 is 0 Å². The van der Waals surface area contributed by atoms with Gasteiger partial charge in [-0.05, 0) is 19.3 Å². The second-order valence-electron chi connectivity index (χ2n) is 4.04. The van der Waals surface area contributed by atoms with Crippen LogP contribution in [-0.2, 0) is 4.74 Å². The van der Waals surface area contributed by atoms with Crippen molar-refractivity contribution >= 4 is 0 Å². The van der Waals surface area contributed by atoms with Gasteiger partial charge in [0.05, 0.1) is 12.7 Å². The highest BCUT2D eigenvalue weighted by molar-refractivity contribution is 4.72. The predicted octanol–water partition coefficient (Wildman–Crippen LogP) is 2.35. The Morgan fingerprint density at radius 2 is 2.00 bits per heavy atom. The van der Waals surface area contributed by atoms with E-state index in [2.05, 4.69) is 6.92 Å². The van der Waals surface area contributed by atoms with Gasteiger partial charge in [-0.1, -0.05) is 26.2 Å². The molecular formula is C11H22O2. The average Bonchev–Trinajstić information content (AvgIpc) is 2.32. The highest BCUT2D eigenvalue weighted by Gasteiger charge is 2.21. The number of hydrogen-bond donors (Lipinski definition) is 1. The summed E-state index contributed by atoms with van der Waals surface area (Å²) in [5.74, 6) is 0.397. The Balaban J connectivity index is 2.19. The minimum absolute atomic E-state index is 0.112. The van der Waals surface area contributed by atoms with Crippen molar-refractivity contribution in [3.8, 4) is 0 Å².